The van der Waals surface area contributed by atoms with E-state index in [0.717, 1.165) is 17.5 Å². The fraction of sp³-hybridized carbons (Fsp3) is 0.185. The molecule has 0 bridgehead atoms. The van der Waals surface area contributed by atoms with Gasteiger partial charge in [-0.15, -0.1) is 0 Å². The molecule has 11 heteroatoms. The SMILES string of the molecule is CCc1ccc(NC(=O)c2cccc(OC(F)F)c2)cc1Nc1nccc(-c2ccc(NCCO)nc2)n1. The third-order valence-corrected chi connectivity index (χ3v) is 5.45. The molecule has 0 fully saturated rings. The van der Waals surface area contributed by atoms with Gasteiger partial charge in [0.15, 0.2) is 0 Å². The largest absolute Gasteiger partial charge is 0.435 e. The summed E-state index contributed by atoms with van der Waals surface area (Å²) in [4.78, 5) is 26.0. The lowest BCUT2D eigenvalue weighted by Crippen LogP contribution is -2.13. The number of pyridine rings is 1. The number of alkyl halides is 2. The number of aliphatic hydroxyl groups excluding tert-OH is 1. The fourth-order valence-electron chi connectivity index (χ4n) is 3.63. The predicted molar refractivity (Wildman–Crippen MR) is 141 cm³/mol. The minimum atomic E-state index is -2.98. The quantitative estimate of drug-likeness (QED) is 0.216. The Balaban J connectivity index is 1.51. The standard InChI is InChI=1S/C27H26F2N6O3/c1-2-17-6-8-20(33-25(37)18-4-3-5-21(14-18)38-26(28)29)15-23(17)35-27-31-11-10-22(34-27)19-7-9-24(32-16-19)30-12-13-36/h3-11,14-16,26,36H,2,12-13H2,1H3,(H,30,32)(H,33,37)(H,31,34,35). The zero-order chi connectivity index (χ0) is 26.9. The van der Waals surface area contributed by atoms with E-state index in [1.165, 1.54) is 24.3 Å². The number of nitrogens with one attached hydrogen (secondary N) is 3. The van der Waals surface area contributed by atoms with Crippen molar-refractivity contribution in [3.8, 4) is 17.0 Å². The number of benzene rings is 2. The summed E-state index contributed by atoms with van der Waals surface area (Å²) in [5.41, 5.74) is 3.82. The summed E-state index contributed by atoms with van der Waals surface area (Å²) >= 11 is 0. The van der Waals surface area contributed by atoms with Gasteiger partial charge in [0.2, 0.25) is 5.95 Å². The number of amides is 1. The number of rotatable bonds is 11. The van der Waals surface area contributed by atoms with Crippen LogP contribution in [0.15, 0.2) is 73.1 Å². The molecule has 0 saturated heterocycles. The average molecular weight is 521 g/mol. The van der Waals surface area contributed by atoms with E-state index in [2.05, 4.69) is 35.6 Å². The molecule has 0 unspecified atom stereocenters. The number of aromatic nitrogens is 3. The number of carbonyl (C=O) groups excluding carboxylic acids is 1. The van der Waals surface area contributed by atoms with E-state index >= 15 is 0 Å². The van der Waals surface area contributed by atoms with Crippen molar-refractivity contribution in [2.24, 2.45) is 0 Å². The maximum Gasteiger partial charge on any atom is 0.387 e. The molecule has 0 aliphatic heterocycles. The van der Waals surface area contributed by atoms with Gasteiger partial charge in [0.05, 0.1) is 12.3 Å². The molecule has 2 aromatic heterocycles. The summed E-state index contributed by atoms with van der Waals surface area (Å²) in [7, 11) is 0. The fourth-order valence-corrected chi connectivity index (χ4v) is 3.63. The van der Waals surface area contributed by atoms with Gasteiger partial charge < -0.3 is 25.8 Å². The van der Waals surface area contributed by atoms with Crippen molar-refractivity contribution >= 4 is 29.0 Å². The van der Waals surface area contributed by atoms with Crippen molar-refractivity contribution in [1.82, 2.24) is 15.0 Å². The number of aryl methyl sites for hydroxylation is 1. The lowest BCUT2D eigenvalue weighted by atomic mass is 10.1. The normalized spacial score (nSPS) is 10.8. The Labute approximate surface area is 218 Å². The summed E-state index contributed by atoms with van der Waals surface area (Å²) in [5, 5.41) is 17.9. The molecular weight excluding hydrogens is 494 g/mol. The van der Waals surface area contributed by atoms with Crippen LogP contribution in [0, 0.1) is 0 Å². The maximum absolute atomic E-state index is 12.7. The van der Waals surface area contributed by atoms with Crippen LogP contribution in [0.25, 0.3) is 11.3 Å². The summed E-state index contributed by atoms with van der Waals surface area (Å²) in [6.07, 6.45) is 4.03. The number of halogens is 2. The van der Waals surface area contributed by atoms with Gasteiger partial charge in [-0.05, 0) is 60.5 Å². The molecule has 0 radical (unpaired) electrons. The molecule has 0 aliphatic carbocycles. The first-order valence-corrected chi connectivity index (χ1v) is 11.9. The Morgan fingerprint density at radius 1 is 1.08 bits per heavy atom. The molecule has 0 aliphatic rings. The molecular formula is C27H26F2N6O3. The van der Waals surface area contributed by atoms with E-state index in [4.69, 9.17) is 5.11 Å². The Morgan fingerprint density at radius 3 is 2.68 bits per heavy atom. The molecule has 4 N–H and O–H groups in total. The molecule has 4 rings (SSSR count). The van der Waals surface area contributed by atoms with Crippen molar-refractivity contribution in [2.75, 3.05) is 29.1 Å². The first-order valence-electron chi connectivity index (χ1n) is 11.9. The highest BCUT2D eigenvalue weighted by atomic mass is 19.3. The van der Waals surface area contributed by atoms with Crippen molar-refractivity contribution < 1.29 is 23.4 Å². The first kappa shape index (κ1) is 26.4. The predicted octanol–water partition coefficient (Wildman–Crippen LogP) is 5.10. The van der Waals surface area contributed by atoms with Gasteiger partial charge in [0.25, 0.3) is 5.91 Å². The lowest BCUT2D eigenvalue weighted by molar-refractivity contribution is -0.0498. The van der Waals surface area contributed by atoms with E-state index < -0.39 is 12.5 Å². The summed E-state index contributed by atoms with van der Waals surface area (Å²) in [6.45, 7) is -0.554. The minimum Gasteiger partial charge on any atom is -0.435 e. The van der Waals surface area contributed by atoms with Crippen LogP contribution in [-0.2, 0) is 6.42 Å². The minimum absolute atomic E-state index is 0.0124. The van der Waals surface area contributed by atoms with Gasteiger partial charge >= 0.3 is 6.61 Å². The third kappa shape index (κ3) is 6.98. The van der Waals surface area contributed by atoms with Crippen molar-refractivity contribution in [2.45, 2.75) is 20.0 Å². The second-order valence-corrected chi connectivity index (χ2v) is 8.06. The van der Waals surface area contributed by atoms with Crippen LogP contribution in [0.4, 0.5) is 31.9 Å². The third-order valence-electron chi connectivity index (χ3n) is 5.45. The van der Waals surface area contributed by atoms with Crippen LogP contribution in [0.5, 0.6) is 5.75 Å². The molecule has 9 nitrogen and oxygen atoms in total. The van der Waals surface area contributed by atoms with Crippen LogP contribution in [0.3, 0.4) is 0 Å². The van der Waals surface area contributed by atoms with E-state index in [1.54, 1.807) is 36.7 Å². The molecule has 2 heterocycles. The second-order valence-electron chi connectivity index (χ2n) is 8.06. The van der Waals surface area contributed by atoms with Crippen LogP contribution in [0.2, 0.25) is 0 Å². The van der Waals surface area contributed by atoms with E-state index in [9.17, 15) is 13.6 Å². The highest BCUT2D eigenvalue weighted by molar-refractivity contribution is 6.04. The number of carbonyl (C=O) groups is 1. The monoisotopic (exact) mass is 520 g/mol. The molecule has 38 heavy (non-hydrogen) atoms. The highest BCUT2D eigenvalue weighted by Gasteiger charge is 2.12. The number of ether oxygens (including phenoxy) is 1. The topological polar surface area (TPSA) is 121 Å². The van der Waals surface area contributed by atoms with E-state index in [1.807, 2.05) is 19.1 Å². The molecule has 196 valence electrons. The molecule has 0 saturated carbocycles. The zero-order valence-electron chi connectivity index (χ0n) is 20.5. The van der Waals surface area contributed by atoms with Gasteiger partial charge in [-0.2, -0.15) is 8.78 Å². The zero-order valence-corrected chi connectivity index (χ0v) is 20.5. The molecule has 1 amide bonds. The number of aliphatic hydroxyl groups is 1. The van der Waals surface area contributed by atoms with Crippen LogP contribution < -0.4 is 20.7 Å². The number of anilines is 4. The first-order chi connectivity index (χ1) is 18.4. The molecule has 4 aromatic rings. The Bertz CT molecular complexity index is 1390. The summed E-state index contributed by atoms with van der Waals surface area (Å²) < 4.78 is 29.4. The summed E-state index contributed by atoms with van der Waals surface area (Å²) in [6, 6.07) is 16.4. The number of hydrogen-bond donors (Lipinski definition) is 4. The Kier molecular flexibility index (Phi) is 8.73. The smallest absolute Gasteiger partial charge is 0.387 e. The van der Waals surface area contributed by atoms with Gasteiger partial charge in [-0.25, -0.2) is 15.0 Å². The van der Waals surface area contributed by atoms with Crippen LogP contribution in [0.1, 0.15) is 22.8 Å². The van der Waals surface area contributed by atoms with E-state index in [0.29, 0.717) is 35.4 Å². The van der Waals surface area contributed by atoms with Crippen LogP contribution in [-0.4, -0.2) is 45.7 Å². The Hall–Kier alpha value is -4.64. The van der Waals surface area contributed by atoms with Gasteiger partial charge in [0, 0.05) is 41.4 Å². The Morgan fingerprint density at radius 2 is 1.95 bits per heavy atom. The molecule has 0 atom stereocenters. The summed E-state index contributed by atoms with van der Waals surface area (Å²) in [5.74, 6) is 0.442. The van der Waals surface area contributed by atoms with Gasteiger partial charge in [-0.3, -0.25) is 4.79 Å². The van der Waals surface area contributed by atoms with Crippen molar-refractivity contribution in [1.29, 1.82) is 0 Å². The van der Waals surface area contributed by atoms with Gasteiger partial charge in [-0.1, -0.05) is 19.1 Å². The molecule has 2 aromatic carbocycles. The van der Waals surface area contributed by atoms with Crippen molar-refractivity contribution in [3.63, 3.8) is 0 Å². The second kappa shape index (κ2) is 12.5. The maximum atomic E-state index is 12.7. The van der Waals surface area contributed by atoms with Gasteiger partial charge in [0.1, 0.15) is 11.6 Å². The number of nitrogens with zero attached hydrogens (tertiary/aromatic N) is 3. The average Bonchev–Trinajstić information content (AvgIpc) is 2.92. The van der Waals surface area contributed by atoms with E-state index in [-0.39, 0.29) is 17.9 Å². The van der Waals surface area contributed by atoms with Crippen LogP contribution >= 0.6 is 0 Å². The van der Waals surface area contributed by atoms with Crippen molar-refractivity contribution in [3.05, 3.63) is 84.2 Å². The number of hydrogen-bond acceptors (Lipinski definition) is 8. The molecule has 0 spiro atoms. The highest BCUT2D eigenvalue weighted by Crippen LogP contribution is 2.26. The lowest BCUT2D eigenvalue weighted by Gasteiger charge is -2.14.